The molecule has 2 heteroatoms. The van der Waals surface area contributed by atoms with Crippen LogP contribution in [0.5, 0.6) is 0 Å². The molecule has 0 saturated heterocycles. The molecule has 0 amide bonds. The molecular weight excluding hydrogens is 104 g/mol. The first-order chi connectivity index (χ1) is 3.81. The van der Waals surface area contributed by atoms with Crippen molar-refractivity contribution in [2.75, 3.05) is 6.61 Å². The van der Waals surface area contributed by atoms with Gasteiger partial charge in [0.2, 0.25) is 0 Å². The van der Waals surface area contributed by atoms with E-state index in [-0.39, 0.29) is 12.4 Å². The van der Waals surface area contributed by atoms with Crippen molar-refractivity contribution in [3.63, 3.8) is 0 Å². The highest BCUT2D eigenvalue weighted by Gasteiger charge is 1.91. The minimum Gasteiger partial charge on any atom is -0.389 e. The standard InChI is InChI=1S/C6H10O2/c1-2-3-4-6(8)5-7/h2-3,7H,4-5H2,1H3/b3-2-. The van der Waals surface area contributed by atoms with E-state index in [0.29, 0.717) is 6.42 Å². The minimum atomic E-state index is -0.343. The summed E-state index contributed by atoms with van der Waals surface area (Å²) in [6.07, 6.45) is 3.86. The van der Waals surface area contributed by atoms with Crippen molar-refractivity contribution in [2.45, 2.75) is 13.3 Å². The molecule has 8 heavy (non-hydrogen) atoms. The van der Waals surface area contributed by atoms with Crippen LogP contribution in [0.25, 0.3) is 0 Å². The van der Waals surface area contributed by atoms with Crippen LogP contribution in [0.15, 0.2) is 12.2 Å². The summed E-state index contributed by atoms with van der Waals surface area (Å²) in [5, 5.41) is 8.18. The van der Waals surface area contributed by atoms with Crippen LogP contribution in [0.2, 0.25) is 0 Å². The van der Waals surface area contributed by atoms with Crippen LogP contribution in [-0.2, 0) is 4.79 Å². The van der Waals surface area contributed by atoms with Crippen LogP contribution >= 0.6 is 0 Å². The summed E-state index contributed by atoms with van der Waals surface area (Å²) in [4.78, 5) is 10.3. The zero-order valence-electron chi connectivity index (χ0n) is 4.92. The van der Waals surface area contributed by atoms with Gasteiger partial charge in [0.15, 0.2) is 5.78 Å². The predicted molar refractivity (Wildman–Crippen MR) is 31.5 cm³/mol. The largest absolute Gasteiger partial charge is 0.389 e. The number of hydrogen-bond acceptors (Lipinski definition) is 2. The Labute approximate surface area is 48.8 Å². The predicted octanol–water partition coefficient (Wildman–Crippen LogP) is 0.514. The van der Waals surface area contributed by atoms with Gasteiger partial charge in [-0.15, -0.1) is 0 Å². The number of allylic oxidation sites excluding steroid dienone is 2. The van der Waals surface area contributed by atoms with Gasteiger partial charge in [-0.1, -0.05) is 12.2 Å². The molecule has 0 atom stereocenters. The van der Waals surface area contributed by atoms with Gasteiger partial charge in [-0.2, -0.15) is 0 Å². The molecule has 0 radical (unpaired) electrons. The molecule has 0 aromatic carbocycles. The maximum Gasteiger partial charge on any atom is 0.161 e. The van der Waals surface area contributed by atoms with Crippen molar-refractivity contribution >= 4 is 5.78 Å². The highest BCUT2D eigenvalue weighted by Crippen LogP contribution is 1.82. The third kappa shape index (κ3) is 3.56. The summed E-state index contributed by atoms with van der Waals surface area (Å²) < 4.78 is 0. The first-order valence-corrected chi connectivity index (χ1v) is 2.55. The van der Waals surface area contributed by atoms with E-state index in [4.69, 9.17) is 5.11 Å². The van der Waals surface area contributed by atoms with Crippen LogP contribution in [0.1, 0.15) is 13.3 Å². The van der Waals surface area contributed by atoms with E-state index in [2.05, 4.69) is 0 Å². The van der Waals surface area contributed by atoms with E-state index in [9.17, 15) is 4.79 Å². The van der Waals surface area contributed by atoms with Crippen molar-refractivity contribution in [1.29, 1.82) is 0 Å². The molecule has 46 valence electrons. The second kappa shape index (κ2) is 4.53. The van der Waals surface area contributed by atoms with Gasteiger partial charge in [0.05, 0.1) is 0 Å². The summed E-state index contributed by atoms with van der Waals surface area (Å²) in [6.45, 7) is 1.50. The zero-order chi connectivity index (χ0) is 6.41. The monoisotopic (exact) mass is 114 g/mol. The Kier molecular flexibility index (Phi) is 4.17. The molecule has 0 aromatic heterocycles. The third-order valence-corrected chi connectivity index (χ3v) is 0.758. The van der Waals surface area contributed by atoms with Gasteiger partial charge in [0.25, 0.3) is 0 Å². The van der Waals surface area contributed by atoms with Crippen LogP contribution in [0, 0.1) is 0 Å². The Hall–Kier alpha value is -0.630. The number of carbonyl (C=O) groups is 1. The lowest BCUT2D eigenvalue weighted by Crippen LogP contribution is -2.00. The first-order valence-electron chi connectivity index (χ1n) is 2.55. The molecule has 0 unspecified atom stereocenters. The number of aliphatic hydroxyl groups excluding tert-OH is 1. The van der Waals surface area contributed by atoms with Crippen molar-refractivity contribution in [3.05, 3.63) is 12.2 Å². The molecule has 2 nitrogen and oxygen atoms in total. The Morgan fingerprint density at radius 2 is 2.38 bits per heavy atom. The summed E-state index contributed by atoms with van der Waals surface area (Å²) in [6, 6.07) is 0. The fourth-order valence-corrected chi connectivity index (χ4v) is 0.314. The van der Waals surface area contributed by atoms with Crippen molar-refractivity contribution in [3.8, 4) is 0 Å². The summed E-state index contributed by atoms with van der Waals surface area (Å²) in [5.74, 6) is -0.136. The average Bonchev–Trinajstić information content (AvgIpc) is 1.83. The highest BCUT2D eigenvalue weighted by atomic mass is 16.3. The van der Waals surface area contributed by atoms with Gasteiger partial charge < -0.3 is 5.11 Å². The number of hydrogen-bond donors (Lipinski definition) is 1. The lowest BCUT2D eigenvalue weighted by molar-refractivity contribution is -0.120. The number of carbonyl (C=O) groups excluding carboxylic acids is 1. The van der Waals surface area contributed by atoms with Crippen molar-refractivity contribution < 1.29 is 9.90 Å². The molecular formula is C6H10O2. The summed E-state index contributed by atoms with van der Waals surface area (Å²) in [7, 11) is 0. The quantitative estimate of drug-likeness (QED) is 0.543. The Morgan fingerprint density at radius 3 is 2.75 bits per heavy atom. The molecule has 0 fully saturated rings. The fourth-order valence-electron chi connectivity index (χ4n) is 0.314. The molecule has 0 saturated carbocycles. The molecule has 0 heterocycles. The van der Waals surface area contributed by atoms with Gasteiger partial charge in [-0.25, -0.2) is 0 Å². The van der Waals surface area contributed by atoms with Gasteiger partial charge in [0.1, 0.15) is 6.61 Å². The third-order valence-electron chi connectivity index (χ3n) is 0.758. The van der Waals surface area contributed by atoms with Crippen molar-refractivity contribution in [1.82, 2.24) is 0 Å². The second-order valence-electron chi connectivity index (χ2n) is 1.47. The van der Waals surface area contributed by atoms with Gasteiger partial charge >= 0.3 is 0 Å². The van der Waals surface area contributed by atoms with Crippen molar-refractivity contribution in [2.24, 2.45) is 0 Å². The topological polar surface area (TPSA) is 37.3 Å². The Morgan fingerprint density at radius 1 is 1.75 bits per heavy atom. The van der Waals surface area contributed by atoms with Crippen LogP contribution in [-0.4, -0.2) is 17.5 Å². The fraction of sp³-hybridized carbons (Fsp3) is 0.500. The summed E-state index contributed by atoms with van der Waals surface area (Å²) >= 11 is 0. The smallest absolute Gasteiger partial charge is 0.161 e. The Balaban J connectivity index is 3.25. The SMILES string of the molecule is C/C=C\CC(=O)CO. The van der Waals surface area contributed by atoms with Crippen LogP contribution in [0.4, 0.5) is 0 Å². The molecule has 0 bridgehead atoms. The highest BCUT2D eigenvalue weighted by molar-refractivity contribution is 5.80. The molecule has 0 aromatic rings. The van der Waals surface area contributed by atoms with Crippen LogP contribution < -0.4 is 0 Å². The van der Waals surface area contributed by atoms with E-state index >= 15 is 0 Å². The normalized spacial score (nSPS) is 10.2. The van der Waals surface area contributed by atoms with Gasteiger partial charge in [-0.3, -0.25) is 4.79 Å². The number of aliphatic hydroxyl groups is 1. The summed E-state index contributed by atoms with van der Waals surface area (Å²) in [5.41, 5.74) is 0. The number of Topliss-reactive ketones (excluding diaryl/α,β-unsaturated/α-hetero) is 1. The molecule has 0 aliphatic rings. The lowest BCUT2D eigenvalue weighted by Gasteiger charge is -1.84. The van der Waals surface area contributed by atoms with Gasteiger partial charge in [-0.05, 0) is 6.92 Å². The second-order valence-corrected chi connectivity index (χ2v) is 1.47. The maximum atomic E-state index is 10.3. The molecule has 0 spiro atoms. The van der Waals surface area contributed by atoms with E-state index in [0.717, 1.165) is 0 Å². The lowest BCUT2D eigenvalue weighted by atomic mass is 10.3. The van der Waals surface area contributed by atoms with Crippen LogP contribution in [0.3, 0.4) is 0 Å². The minimum absolute atomic E-state index is 0.136. The number of ketones is 1. The van der Waals surface area contributed by atoms with E-state index in [1.54, 1.807) is 12.2 Å². The maximum absolute atomic E-state index is 10.3. The molecule has 1 N–H and O–H groups in total. The average molecular weight is 114 g/mol. The van der Waals surface area contributed by atoms with E-state index in [1.807, 2.05) is 6.92 Å². The van der Waals surface area contributed by atoms with E-state index in [1.165, 1.54) is 0 Å². The molecule has 0 aliphatic heterocycles. The van der Waals surface area contributed by atoms with E-state index < -0.39 is 0 Å². The molecule has 0 rings (SSSR count). The Bertz CT molecular complexity index is 94.7. The number of rotatable bonds is 3. The zero-order valence-corrected chi connectivity index (χ0v) is 4.92. The first kappa shape index (κ1) is 7.37. The molecule has 0 aliphatic carbocycles. The van der Waals surface area contributed by atoms with Gasteiger partial charge in [0, 0.05) is 6.42 Å².